The van der Waals surface area contributed by atoms with Gasteiger partial charge in [-0.05, 0) is 41.1 Å². The Kier molecular flexibility index (Phi) is 4.39. The number of carbonyl (C=O) groups excluding carboxylic acids is 1. The quantitative estimate of drug-likeness (QED) is 0.612. The lowest BCUT2D eigenvalue weighted by Gasteiger charge is -2.10. The minimum atomic E-state index is -0.209. The van der Waals surface area contributed by atoms with Gasteiger partial charge in [0.05, 0.1) is 17.3 Å². The summed E-state index contributed by atoms with van der Waals surface area (Å²) in [5, 5.41) is 6.87. The van der Waals surface area contributed by atoms with Crippen molar-refractivity contribution in [2.75, 3.05) is 5.32 Å². The number of aromatic nitrogens is 2. The maximum atomic E-state index is 12.4. The van der Waals surface area contributed by atoms with Crippen molar-refractivity contribution in [3.8, 4) is 0 Å². The molecule has 0 radical (unpaired) electrons. The van der Waals surface area contributed by atoms with Crippen molar-refractivity contribution in [3.63, 3.8) is 0 Å². The van der Waals surface area contributed by atoms with Gasteiger partial charge in [0, 0.05) is 10.6 Å². The molecule has 2 aromatic rings. The van der Waals surface area contributed by atoms with Gasteiger partial charge in [0.1, 0.15) is 10.8 Å². The number of nitrogens with zero attached hydrogens (tertiary/aromatic N) is 2. The molecule has 0 bridgehead atoms. The van der Waals surface area contributed by atoms with E-state index in [4.69, 9.17) is 18.0 Å². The third-order valence-electron chi connectivity index (χ3n) is 2.87. The lowest BCUT2D eigenvalue weighted by atomic mass is 10.1. The van der Waals surface area contributed by atoms with Gasteiger partial charge in [-0.3, -0.25) is 9.48 Å². The van der Waals surface area contributed by atoms with E-state index in [-0.39, 0.29) is 10.9 Å². The molecule has 1 heterocycles. The fraction of sp³-hybridized carbons (Fsp3) is 0.154. The number of anilines is 1. The molecule has 1 aromatic heterocycles. The molecule has 7 heteroatoms. The number of carbonyl (C=O) groups is 1. The molecule has 104 valence electrons. The SMILES string of the molecule is Cc1cccc(C(=O)Nc2c(C(N)=S)cnn2C)c1I. The number of thiocarbonyl (C=S) groups is 1. The Labute approximate surface area is 135 Å². The van der Waals surface area contributed by atoms with E-state index in [0.29, 0.717) is 16.9 Å². The number of hydrogen-bond acceptors (Lipinski definition) is 3. The zero-order chi connectivity index (χ0) is 14.9. The lowest BCUT2D eigenvalue weighted by Crippen LogP contribution is -2.19. The van der Waals surface area contributed by atoms with Crippen LogP contribution in [0.1, 0.15) is 21.5 Å². The highest BCUT2D eigenvalue weighted by Crippen LogP contribution is 2.20. The van der Waals surface area contributed by atoms with Gasteiger partial charge in [0.25, 0.3) is 5.91 Å². The minimum Gasteiger partial charge on any atom is -0.389 e. The molecule has 0 aliphatic rings. The molecule has 0 fully saturated rings. The van der Waals surface area contributed by atoms with Crippen molar-refractivity contribution in [3.05, 3.63) is 44.7 Å². The average Bonchev–Trinajstić information content (AvgIpc) is 2.74. The molecule has 0 unspecified atom stereocenters. The number of nitrogens with two attached hydrogens (primary N) is 1. The number of halogens is 1. The van der Waals surface area contributed by atoms with Crippen LogP contribution in [0.4, 0.5) is 5.82 Å². The van der Waals surface area contributed by atoms with Crippen molar-refractivity contribution >= 4 is 51.5 Å². The van der Waals surface area contributed by atoms with Gasteiger partial charge in [-0.15, -0.1) is 0 Å². The van der Waals surface area contributed by atoms with Crippen molar-refractivity contribution in [1.82, 2.24) is 9.78 Å². The molecule has 0 saturated carbocycles. The predicted octanol–water partition coefficient (Wildman–Crippen LogP) is 2.22. The molecule has 0 aliphatic heterocycles. The molecule has 5 nitrogen and oxygen atoms in total. The van der Waals surface area contributed by atoms with E-state index in [1.54, 1.807) is 19.3 Å². The average molecular weight is 400 g/mol. The largest absolute Gasteiger partial charge is 0.389 e. The van der Waals surface area contributed by atoms with Gasteiger partial charge >= 0.3 is 0 Å². The predicted molar refractivity (Wildman–Crippen MR) is 90.9 cm³/mol. The molecular formula is C13H13IN4OS. The highest BCUT2D eigenvalue weighted by atomic mass is 127. The van der Waals surface area contributed by atoms with Gasteiger partial charge < -0.3 is 11.1 Å². The van der Waals surface area contributed by atoms with Gasteiger partial charge in [-0.25, -0.2) is 0 Å². The molecule has 0 spiro atoms. The number of aryl methyl sites for hydroxylation is 2. The summed E-state index contributed by atoms with van der Waals surface area (Å²) in [6.07, 6.45) is 1.54. The van der Waals surface area contributed by atoms with Crippen LogP contribution >= 0.6 is 34.8 Å². The molecule has 20 heavy (non-hydrogen) atoms. The first-order valence-corrected chi connectivity index (χ1v) is 7.28. The van der Waals surface area contributed by atoms with E-state index in [0.717, 1.165) is 9.13 Å². The molecular weight excluding hydrogens is 387 g/mol. The van der Waals surface area contributed by atoms with Crippen molar-refractivity contribution in [2.24, 2.45) is 12.8 Å². The second kappa shape index (κ2) is 5.88. The molecule has 3 N–H and O–H groups in total. The van der Waals surface area contributed by atoms with E-state index in [2.05, 4.69) is 33.0 Å². The zero-order valence-corrected chi connectivity index (χ0v) is 13.9. The van der Waals surface area contributed by atoms with Crippen LogP contribution in [0.15, 0.2) is 24.4 Å². The second-order valence-electron chi connectivity index (χ2n) is 4.29. The van der Waals surface area contributed by atoms with Crippen LogP contribution in [-0.4, -0.2) is 20.7 Å². The first-order valence-electron chi connectivity index (χ1n) is 5.80. The third-order valence-corrected chi connectivity index (χ3v) is 4.52. The summed E-state index contributed by atoms with van der Waals surface area (Å²) in [5.74, 6) is 0.291. The van der Waals surface area contributed by atoms with E-state index >= 15 is 0 Å². The van der Waals surface area contributed by atoms with Gasteiger partial charge in [-0.2, -0.15) is 5.10 Å². The highest BCUT2D eigenvalue weighted by molar-refractivity contribution is 14.1. The normalized spacial score (nSPS) is 10.3. The zero-order valence-electron chi connectivity index (χ0n) is 11.0. The Morgan fingerprint density at radius 3 is 2.80 bits per heavy atom. The van der Waals surface area contributed by atoms with Crippen molar-refractivity contribution < 1.29 is 4.79 Å². The fourth-order valence-corrected chi connectivity index (χ4v) is 2.52. The molecule has 0 aliphatic carbocycles. The Bertz CT molecular complexity index is 696. The molecule has 1 aromatic carbocycles. The maximum absolute atomic E-state index is 12.4. The molecule has 0 saturated heterocycles. The monoisotopic (exact) mass is 400 g/mol. The first kappa shape index (κ1) is 14.9. The minimum absolute atomic E-state index is 0.201. The van der Waals surface area contributed by atoms with E-state index in [9.17, 15) is 4.79 Å². The topological polar surface area (TPSA) is 72.9 Å². The van der Waals surface area contributed by atoms with E-state index in [1.165, 1.54) is 4.68 Å². The van der Waals surface area contributed by atoms with Crippen LogP contribution < -0.4 is 11.1 Å². The van der Waals surface area contributed by atoms with E-state index < -0.39 is 0 Å². The summed E-state index contributed by atoms with van der Waals surface area (Å²) < 4.78 is 2.45. The van der Waals surface area contributed by atoms with Gasteiger partial charge in [-0.1, -0.05) is 24.4 Å². The Morgan fingerprint density at radius 1 is 1.45 bits per heavy atom. The third kappa shape index (κ3) is 2.83. The highest BCUT2D eigenvalue weighted by Gasteiger charge is 2.17. The van der Waals surface area contributed by atoms with Crippen LogP contribution in [0.2, 0.25) is 0 Å². The van der Waals surface area contributed by atoms with Gasteiger partial charge in [0.15, 0.2) is 0 Å². The number of nitrogens with one attached hydrogen (secondary N) is 1. The Morgan fingerprint density at radius 2 is 2.15 bits per heavy atom. The summed E-state index contributed by atoms with van der Waals surface area (Å²) in [4.78, 5) is 12.6. The van der Waals surface area contributed by atoms with E-state index in [1.807, 2.05) is 19.1 Å². The lowest BCUT2D eigenvalue weighted by molar-refractivity contribution is 0.102. The van der Waals surface area contributed by atoms with Crippen molar-refractivity contribution in [2.45, 2.75) is 6.92 Å². The first-order chi connectivity index (χ1) is 9.41. The Hall–Kier alpha value is -1.48. The summed E-state index contributed by atoms with van der Waals surface area (Å²) in [6, 6.07) is 5.59. The number of rotatable bonds is 3. The molecule has 0 atom stereocenters. The maximum Gasteiger partial charge on any atom is 0.257 e. The van der Waals surface area contributed by atoms with Crippen LogP contribution in [0.25, 0.3) is 0 Å². The van der Waals surface area contributed by atoms with Crippen LogP contribution in [0.3, 0.4) is 0 Å². The molecule has 2 rings (SSSR count). The Balaban J connectivity index is 2.35. The van der Waals surface area contributed by atoms with Crippen LogP contribution in [0, 0.1) is 10.5 Å². The fourth-order valence-electron chi connectivity index (χ4n) is 1.76. The summed E-state index contributed by atoms with van der Waals surface area (Å²) in [7, 11) is 1.72. The standard InChI is InChI=1S/C13H13IN4OS/c1-7-4-3-5-8(10(7)14)13(19)17-12-9(11(15)20)6-16-18(12)2/h3-6H,1-2H3,(H2,15,20)(H,17,19). The van der Waals surface area contributed by atoms with Crippen molar-refractivity contribution in [1.29, 1.82) is 0 Å². The van der Waals surface area contributed by atoms with Crippen LogP contribution in [0.5, 0.6) is 0 Å². The van der Waals surface area contributed by atoms with Crippen LogP contribution in [-0.2, 0) is 7.05 Å². The second-order valence-corrected chi connectivity index (χ2v) is 5.80. The number of benzene rings is 1. The number of amides is 1. The summed E-state index contributed by atoms with van der Waals surface area (Å²) in [5.41, 5.74) is 7.84. The number of hydrogen-bond donors (Lipinski definition) is 2. The summed E-state index contributed by atoms with van der Waals surface area (Å²) in [6.45, 7) is 1.96. The molecule has 1 amide bonds. The summed E-state index contributed by atoms with van der Waals surface area (Å²) >= 11 is 7.11. The van der Waals surface area contributed by atoms with Gasteiger partial charge in [0.2, 0.25) is 0 Å². The smallest absolute Gasteiger partial charge is 0.257 e.